The molecule has 14 heavy (non-hydrogen) atoms. The maximum Gasteiger partial charge on any atom is 0.0976 e. The number of hydrogen-bond donors (Lipinski definition) is 1. The number of aliphatic imine (C=N–C) groups is 1. The van der Waals surface area contributed by atoms with Crippen LogP contribution in [0.25, 0.3) is 0 Å². The van der Waals surface area contributed by atoms with E-state index in [1.54, 1.807) is 6.92 Å². The molecule has 0 fully saturated rings. The van der Waals surface area contributed by atoms with Crippen molar-refractivity contribution in [3.8, 4) is 0 Å². The van der Waals surface area contributed by atoms with Gasteiger partial charge in [-0.2, -0.15) is 0 Å². The lowest BCUT2D eigenvalue weighted by Crippen LogP contribution is -2.04. The van der Waals surface area contributed by atoms with E-state index >= 15 is 0 Å². The van der Waals surface area contributed by atoms with Gasteiger partial charge >= 0.3 is 0 Å². The van der Waals surface area contributed by atoms with E-state index in [1.807, 2.05) is 38.1 Å². The van der Waals surface area contributed by atoms with Crippen LogP contribution >= 0.6 is 0 Å². The van der Waals surface area contributed by atoms with Gasteiger partial charge in [0.15, 0.2) is 0 Å². The van der Waals surface area contributed by atoms with Crippen LogP contribution in [0.1, 0.15) is 19.4 Å². The maximum absolute atomic E-state index is 8.56. The molecule has 0 bridgehead atoms. The molecular weight excluding hydrogens is 176 g/mol. The lowest BCUT2D eigenvalue weighted by molar-refractivity contribution is 0.320. The van der Waals surface area contributed by atoms with Gasteiger partial charge < -0.3 is 5.21 Å². The molecule has 0 atom stereocenters. The highest BCUT2D eigenvalue weighted by atomic mass is 16.4. The molecule has 0 amide bonds. The van der Waals surface area contributed by atoms with E-state index in [9.17, 15) is 0 Å². The zero-order valence-corrected chi connectivity index (χ0v) is 8.65. The van der Waals surface area contributed by atoms with Gasteiger partial charge in [0, 0.05) is 0 Å². The second-order valence-electron chi connectivity index (χ2n) is 3.17. The minimum absolute atomic E-state index is 0.535. The SMILES string of the molecule is CC(=Nc1ccccc1C)/C(C)=N\O. The molecular formula is C11H14N2O. The Morgan fingerprint density at radius 3 is 2.36 bits per heavy atom. The van der Waals surface area contributed by atoms with E-state index in [0.29, 0.717) is 5.71 Å². The number of rotatable bonds is 2. The van der Waals surface area contributed by atoms with Crippen molar-refractivity contribution in [2.45, 2.75) is 20.8 Å². The minimum atomic E-state index is 0.535. The summed E-state index contributed by atoms with van der Waals surface area (Å²) in [7, 11) is 0. The van der Waals surface area contributed by atoms with Crippen molar-refractivity contribution in [3.05, 3.63) is 29.8 Å². The van der Waals surface area contributed by atoms with Crippen molar-refractivity contribution in [2.24, 2.45) is 10.1 Å². The Labute approximate surface area is 83.8 Å². The first-order valence-corrected chi connectivity index (χ1v) is 4.45. The van der Waals surface area contributed by atoms with Crippen LogP contribution in [0, 0.1) is 6.92 Å². The van der Waals surface area contributed by atoms with Gasteiger partial charge in [-0.05, 0) is 32.4 Å². The summed E-state index contributed by atoms with van der Waals surface area (Å²) >= 11 is 0. The summed E-state index contributed by atoms with van der Waals surface area (Å²) in [5.74, 6) is 0. The largest absolute Gasteiger partial charge is 0.411 e. The molecule has 0 unspecified atom stereocenters. The van der Waals surface area contributed by atoms with Crippen LogP contribution in [-0.4, -0.2) is 16.6 Å². The van der Waals surface area contributed by atoms with Gasteiger partial charge in [0.2, 0.25) is 0 Å². The summed E-state index contributed by atoms with van der Waals surface area (Å²) in [4.78, 5) is 4.36. The quantitative estimate of drug-likeness (QED) is 0.435. The summed E-state index contributed by atoms with van der Waals surface area (Å²) in [6.45, 7) is 5.54. The number of nitrogens with zero attached hydrogens (tertiary/aromatic N) is 2. The van der Waals surface area contributed by atoms with E-state index in [1.165, 1.54) is 0 Å². The fraction of sp³-hybridized carbons (Fsp3) is 0.273. The smallest absolute Gasteiger partial charge is 0.0976 e. The van der Waals surface area contributed by atoms with Gasteiger partial charge in [0.25, 0.3) is 0 Å². The molecule has 0 aliphatic carbocycles. The topological polar surface area (TPSA) is 45.0 Å². The third kappa shape index (κ3) is 2.42. The van der Waals surface area contributed by atoms with Gasteiger partial charge in [0.05, 0.1) is 17.1 Å². The molecule has 0 heterocycles. The molecule has 1 aromatic carbocycles. The zero-order chi connectivity index (χ0) is 10.6. The molecule has 0 spiro atoms. The Morgan fingerprint density at radius 2 is 1.79 bits per heavy atom. The van der Waals surface area contributed by atoms with E-state index in [2.05, 4.69) is 10.1 Å². The first-order chi connectivity index (χ1) is 6.65. The monoisotopic (exact) mass is 190 g/mol. The number of oxime groups is 1. The summed E-state index contributed by atoms with van der Waals surface area (Å²) in [6.07, 6.45) is 0. The summed E-state index contributed by atoms with van der Waals surface area (Å²) < 4.78 is 0. The van der Waals surface area contributed by atoms with E-state index in [0.717, 1.165) is 17.0 Å². The minimum Gasteiger partial charge on any atom is -0.411 e. The molecule has 0 saturated carbocycles. The summed E-state index contributed by atoms with van der Waals surface area (Å²) in [5, 5.41) is 11.7. The first kappa shape index (κ1) is 10.4. The van der Waals surface area contributed by atoms with Crippen LogP contribution < -0.4 is 0 Å². The van der Waals surface area contributed by atoms with Crippen molar-refractivity contribution in [2.75, 3.05) is 0 Å². The number of para-hydroxylation sites is 1. The van der Waals surface area contributed by atoms with E-state index in [4.69, 9.17) is 5.21 Å². The van der Waals surface area contributed by atoms with Crippen molar-refractivity contribution < 1.29 is 5.21 Å². The molecule has 0 radical (unpaired) electrons. The second kappa shape index (κ2) is 4.56. The number of aryl methyl sites for hydroxylation is 1. The normalized spacial score (nSPS) is 13.1. The van der Waals surface area contributed by atoms with Crippen LogP contribution in [-0.2, 0) is 0 Å². The third-order valence-electron chi connectivity index (χ3n) is 2.08. The average molecular weight is 190 g/mol. The number of benzene rings is 1. The van der Waals surface area contributed by atoms with Crippen molar-refractivity contribution >= 4 is 17.1 Å². The van der Waals surface area contributed by atoms with Crippen LogP contribution in [0.4, 0.5) is 5.69 Å². The molecule has 74 valence electrons. The van der Waals surface area contributed by atoms with Crippen LogP contribution in [0.5, 0.6) is 0 Å². The van der Waals surface area contributed by atoms with Crippen LogP contribution in [0.3, 0.4) is 0 Å². The zero-order valence-electron chi connectivity index (χ0n) is 8.65. The van der Waals surface area contributed by atoms with Crippen molar-refractivity contribution in [1.29, 1.82) is 0 Å². The van der Waals surface area contributed by atoms with Gasteiger partial charge in [-0.25, -0.2) is 0 Å². The van der Waals surface area contributed by atoms with Crippen LogP contribution in [0.2, 0.25) is 0 Å². The Morgan fingerprint density at radius 1 is 1.14 bits per heavy atom. The fourth-order valence-electron chi connectivity index (χ4n) is 1.02. The van der Waals surface area contributed by atoms with Gasteiger partial charge in [0.1, 0.15) is 0 Å². The Bertz CT molecular complexity index is 381. The van der Waals surface area contributed by atoms with Crippen molar-refractivity contribution in [1.82, 2.24) is 0 Å². The molecule has 0 aliphatic heterocycles. The van der Waals surface area contributed by atoms with Gasteiger partial charge in [-0.15, -0.1) is 0 Å². The molecule has 0 aliphatic rings. The van der Waals surface area contributed by atoms with E-state index in [-0.39, 0.29) is 0 Å². The van der Waals surface area contributed by atoms with Gasteiger partial charge in [-0.1, -0.05) is 23.4 Å². The highest BCUT2D eigenvalue weighted by molar-refractivity contribution is 6.40. The Hall–Kier alpha value is -1.64. The Balaban J connectivity index is 3.04. The number of hydrogen-bond acceptors (Lipinski definition) is 3. The van der Waals surface area contributed by atoms with Gasteiger partial charge in [-0.3, -0.25) is 4.99 Å². The summed E-state index contributed by atoms with van der Waals surface area (Å²) in [5.41, 5.74) is 3.28. The van der Waals surface area contributed by atoms with E-state index < -0.39 is 0 Å². The Kier molecular flexibility index (Phi) is 3.40. The highest BCUT2D eigenvalue weighted by Gasteiger charge is 1.99. The summed E-state index contributed by atoms with van der Waals surface area (Å²) in [6, 6.07) is 7.84. The maximum atomic E-state index is 8.56. The van der Waals surface area contributed by atoms with Crippen molar-refractivity contribution in [3.63, 3.8) is 0 Å². The molecule has 0 saturated heterocycles. The molecule has 3 heteroatoms. The lowest BCUT2D eigenvalue weighted by atomic mass is 10.2. The third-order valence-corrected chi connectivity index (χ3v) is 2.08. The molecule has 1 rings (SSSR count). The second-order valence-corrected chi connectivity index (χ2v) is 3.17. The molecule has 1 aromatic rings. The fourth-order valence-corrected chi connectivity index (χ4v) is 1.02. The predicted octanol–water partition coefficient (Wildman–Crippen LogP) is 2.94. The highest BCUT2D eigenvalue weighted by Crippen LogP contribution is 2.17. The average Bonchev–Trinajstić information content (AvgIpc) is 2.20. The van der Waals surface area contributed by atoms with Crippen LogP contribution in [0.15, 0.2) is 34.4 Å². The molecule has 1 N–H and O–H groups in total. The lowest BCUT2D eigenvalue weighted by Gasteiger charge is -2.01. The first-order valence-electron chi connectivity index (χ1n) is 4.45. The molecule has 0 aromatic heterocycles. The standard InChI is InChI=1S/C11H14N2O/c1-8-6-4-5-7-11(8)12-9(2)10(3)13-14/h4-7,14H,1-3H3/b12-9?,13-10-. The molecule has 3 nitrogen and oxygen atoms in total. The predicted molar refractivity (Wildman–Crippen MR) is 58.8 cm³/mol.